The van der Waals surface area contributed by atoms with Gasteiger partial charge in [0.25, 0.3) is 0 Å². The second kappa shape index (κ2) is 8.57. The zero-order valence-corrected chi connectivity index (χ0v) is 16.7. The Morgan fingerprint density at radius 3 is 2.62 bits per heavy atom. The molecule has 1 amide bonds. The van der Waals surface area contributed by atoms with Crippen molar-refractivity contribution in [3.8, 4) is 10.7 Å². The molecule has 7 heteroatoms. The summed E-state index contributed by atoms with van der Waals surface area (Å²) in [7, 11) is 0. The molecule has 2 aromatic heterocycles. The zero-order valence-electron chi connectivity index (χ0n) is 15.0. The Morgan fingerprint density at radius 2 is 1.92 bits per heavy atom. The normalized spacial score (nSPS) is 19.1. The second-order valence-electron chi connectivity index (χ2n) is 7.28. The van der Waals surface area contributed by atoms with Gasteiger partial charge in [-0.3, -0.25) is 9.36 Å². The van der Waals surface area contributed by atoms with E-state index < -0.39 is 0 Å². The topological polar surface area (TPSA) is 59.8 Å². The van der Waals surface area contributed by atoms with Crippen molar-refractivity contribution in [2.45, 2.75) is 75.0 Å². The van der Waals surface area contributed by atoms with Crippen LogP contribution in [-0.2, 0) is 4.79 Å². The molecule has 2 saturated carbocycles. The Bertz CT molecular complexity index is 716. The fraction of sp³-hybridized carbons (Fsp3) is 0.632. The molecule has 1 N–H and O–H groups in total. The zero-order chi connectivity index (χ0) is 17.8. The lowest BCUT2D eigenvalue weighted by atomic mass is 9.97. The van der Waals surface area contributed by atoms with Gasteiger partial charge in [-0.15, -0.1) is 21.5 Å². The summed E-state index contributed by atoms with van der Waals surface area (Å²) < 4.78 is 2.24. The summed E-state index contributed by atoms with van der Waals surface area (Å²) in [6.07, 6.45) is 11.0. The van der Waals surface area contributed by atoms with Gasteiger partial charge in [0, 0.05) is 12.1 Å². The maximum absolute atomic E-state index is 12.4. The predicted molar refractivity (Wildman–Crippen MR) is 107 cm³/mol. The highest BCUT2D eigenvalue weighted by Gasteiger charge is 2.30. The molecule has 0 bridgehead atoms. The summed E-state index contributed by atoms with van der Waals surface area (Å²) in [6.45, 7) is 0. The van der Waals surface area contributed by atoms with E-state index in [1.165, 1.54) is 56.7 Å². The third kappa shape index (κ3) is 4.49. The number of thiophene rings is 1. The molecule has 4 rings (SSSR count). The van der Waals surface area contributed by atoms with Crippen LogP contribution in [0.4, 0.5) is 0 Å². The number of carbonyl (C=O) groups excluding carboxylic acids is 1. The summed E-state index contributed by atoms with van der Waals surface area (Å²) in [6, 6.07) is 4.98. The average molecular weight is 391 g/mol. The Labute approximate surface area is 163 Å². The first-order chi connectivity index (χ1) is 12.8. The van der Waals surface area contributed by atoms with E-state index in [9.17, 15) is 4.79 Å². The van der Waals surface area contributed by atoms with Crippen molar-refractivity contribution in [1.82, 2.24) is 20.1 Å². The molecule has 0 saturated heterocycles. The van der Waals surface area contributed by atoms with Gasteiger partial charge in [-0.1, -0.05) is 49.9 Å². The molecule has 0 radical (unpaired) electrons. The summed E-state index contributed by atoms with van der Waals surface area (Å²) >= 11 is 3.21. The van der Waals surface area contributed by atoms with Gasteiger partial charge < -0.3 is 5.32 Å². The maximum Gasteiger partial charge on any atom is 0.230 e. The van der Waals surface area contributed by atoms with Crippen molar-refractivity contribution in [2.24, 2.45) is 0 Å². The van der Waals surface area contributed by atoms with E-state index in [0.29, 0.717) is 17.8 Å². The average Bonchev–Trinajstić information content (AvgIpc) is 3.14. The Hall–Kier alpha value is -1.34. The fourth-order valence-electron chi connectivity index (χ4n) is 3.61. The first-order valence-corrected chi connectivity index (χ1v) is 11.6. The Morgan fingerprint density at radius 1 is 1.15 bits per heavy atom. The number of thioether (sulfide) groups is 1. The third-order valence-corrected chi connectivity index (χ3v) is 6.93. The molecular weight excluding hydrogens is 364 g/mol. The molecule has 0 unspecified atom stereocenters. The van der Waals surface area contributed by atoms with E-state index in [4.69, 9.17) is 0 Å². The molecule has 5 nitrogen and oxygen atoms in total. The van der Waals surface area contributed by atoms with Gasteiger partial charge in [-0.2, -0.15) is 0 Å². The van der Waals surface area contributed by atoms with Crippen LogP contribution in [0.5, 0.6) is 0 Å². The highest BCUT2D eigenvalue weighted by Crippen LogP contribution is 2.41. The Kier molecular flexibility index (Phi) is 5.94. The van der Waals surface area contributed by atoms with Crippen molar-refractivity contribution in [3.05, 3.63) is 17.5 Å². The van der Waals surface area contributed by atoms with Crippen molar-refractivity contribution in [2.75, 3.05) is 5.75 Å². The molecule has 2 aromatic rings. The first kappa shape index (κ1) is 18.0. The largest absolute Gasteiger partial charge is 0.353 e. The molecule has 140 valence electrons. The molecular formula is C19H26N4OS2. The van der Waals surface area contributed by atoms with E-state index in [1.54, 1.807) is 11.3 Å². The van der Waals surface area contributed by atoms with Crippen LogP contribution < -0.4 is 5.32 Å². The van der Waals surface area contributed by atoms with E-state index in [1.807, 2.05) is 6.07 Å². The predicted octanol–water partition coefficient (Wildman–Crippen LogP) is 4.66. The Balaban J connectivity index is 1.36. The van der Waals surface area contributed by atoms with Crippen molar-refractivity contribution < 1.29 is 4.79 Å². The molecule has 2 aliphatic rings. The van der Waals surface area contributed by atoms with E-state index >= 15 is 0 Å². The van der Waals surface area contributed by atoms with Crippen molar-refractivity contribution in [1.29, 1.82) is 0 Å². The number of amides is 1. The summed E-state index contributed by atoms with van der Waals surface area (Å²) in [4.78, 5) is 13.6. The van der Waals surface area contributed by atoms with Crippen molar-refractivity contribution in [3.63, 3.8) is 0 Å². The monoisotopic (exact) mass is 390 g/mol. The van der Waals surface area contributed by atoms with Crippen LogP contribution in [-0.4, -0.2) is 32.5 Å². The van der Waals surface area contributed by atoms with Gasteiger partial charge >= 0.3 is 0 Å². The highest BCUT2D eigenvalue weighted by atomic mass is 32.2. The standard InChI is InChI=1S/C19H26N4OS2/c24-17(20-14-7-4-2-1-3-5-8-14)13-26-19-22-21-18(16-9-6-12-25-16)23(19)15-10-11-15/h6,9,12,14-15H,1-5,7-8,10-11,13H2,(H,20,24). The van der Waals surface area contributed by atoms with Crippen LogP contribution in [0.2, 0.25) is 0 Å². The number of rotatable bonds is 6. The number of aromatic nitrogens is 3. The van der Waals surface area contributed by atoms with E-state index in [0.717, 1.165) is 28.7 Å². The third-order valence-electron chi connectivity index (χ3n) is 5.12. The van der Waals surface area contributed by atoms with Crippen LogP contribution in [0.25, 0.3) is 10.7 Å². The lowest BCUT2D eigenvalue weighted by molar-refractivity contribution is -0.119. The van der Waals surface area contributed by atoms with E-state index in [2.05, 4.69) is 31.5 Å². The van der Waals surface area contributed by atoms with Crippen molar-refractivity contribution >= 4 is 29.0 Å². The summed E-state index contributed by atoms with van der Waals surface area (Å²) in [5.74, 6) is 1.50. The van der Waals surface area contributed by atoms with E-state index in [-0.39, 0.29) is 5.91 Å². The molecule has 0 spiro atoms. The van der Waals surface area contributed by atoms with Gasteiger partial charge in [0.2, 0.25) is 5.91 Å². The minimum atomic E-state index is 0.128. The molecule has 2 heterocycles. The van der Waals surface area contributed by atoms with Gasteiger partial charge in [0.1, 0.15) is 0 Å². The van der Waals surface area contributed by atoms with Crippen LogP contribution in [0.1, 0.15) is 63.8 Å². The first-order valence-electron chi connectivity index (χ1n) is 9.72. The van der Waals surface area contributed by atoms with Crippen LogP contribution >= 0.6 is 23.1 Å². The van der Waals surface area contributed by atoms with Gasteiger partial charge in [0.05, 0.1) is 10.6 Å². The molecule has 0 atom stereocenters. The van der Waals surface area contributed by atoms with Gasteiger partial charge in [-0.25, -0.2) is 0 Å². The van der Waals surface area contributed by atoms with Gasteiger partial charge in [-0.05, 0) is 37.1 Å². The maximum atomic E-state index is 12.4. The minimum Gasteiger partial charge on any atom is -0.353 e. The van der Waals surface area contributed by atoms with Crippen LogP contribution in [0, 0.1) is 0 Å². The smallest absolute Gasteiger partial charge is 0.230 e. The summed E-state index contributed by atoms with van der Waals surface area (Å²) in [5, 5.41) is 15.0. The molecule has 0 aromatic carbocycles. The second-order valence-corrected chi connectivity index (χ2v) is 9.17. The minimum absolute atomic E-state index is 0.128. The number of nitrogens with zero attached hydrogens (tertiary/aromatic N) is 3. The summed E-state index contributed by atoms with van der Waals surface area (Å²) in [5.41, 5.74) is 0. The lowest BCUT2D eigenvalue weighted by Crippen LogP contribution is -2.36. The lowest BCUT2D eigenvalue weighted by Gasteiger charge is -2.20. The number of nitrogens with one attached hydrogen (secondary N) is 1. The molecule has 2 aliphatic carbocycles. The molecule has 26 heavy (non-hydrogen) atoms. The number of hydrogen-bond donors (Lipinski definition) is 1. The molecule has 0 aliphatic heterocycles. The van der Waals surface area contributed by atoms with Crippen LogP contribution in [0.3, 0.4) is 0 Å². The fourth-order valence-corrected chi connectivity index (χ4v) is 5.13. The number of hydrogen-bond acceptors (Lipinski definition) is 5. The SMILES string of the molecule is O=C(CSc1nnc(-c2cccs2)n1C1CC1)NC1CCCCCCC1. The number of carbonyl (C=O) groups is 1. The van der Waals surface area contributed by atoms with Crippen LogP contribution in [0.15, 0.2) is 22.7 Å². The molecule has 2 fully saturated rings. The quantitative estimate of drug-likeness (QED) is 0.729. The van der Waals surface area contributed by atoms with Gasteiger partial charge in [0.15, 0.2) is 11.0 Å². The highest BCUT2D eigenvalue weighted by molar-refractivity contribution is 7.99.